The number of amides is 1. The number of nitrogens with zero attached hydrogens (tertiary/aromatic N) is 1. The van der Waals surface area contributed by atoms with Gasteiger partial charge >= 0.3 is 0 Å². The highest BCUT2D eigenvalue weighted by molar-refractivity contribution is 7.10. The Bertz CT molecular complexity index is 649. The molecule has 4 rings (SSSR count). The predicted octanol–water partition coefficient (Wildman–Crippen LogP) is 4.18. The Hall–Kier alpha value is -1.17. The van der Waals surface area contributed by atoms with Crippen LogP contribution in [0.2, 0.25) is 0 Å². The maximum Gasteiger partial charge on any atom is 0.226 e. The van der Waals surface area contributed by atoms with Crippen molar-refractivity contribution in [2.45, 2.75) is 37.8 Å². The molecule has 5 heteroatoms. The molecule has 116 valence electrons. The monoisotopic (exact) mass is 333 g/mol. The van der Waals surface area contributed by atoms with Gasteiger partial charge < -0.3 is 9.64 Å². The Balaban J connectivity index is 1.49. The molecule has 0 spiro atoms. The normalized spacial score (nSPS) is 24.5. The molecule has 2 unspecified atom stereocenters. The molecule has 2 aromatic heterocycles. The fourth-order valence-electron chi connectivity index (χ4n) is 3.55. The lowest BCUT2D eigenvalue weighted by Crippen LogP contribution is -2.32. The van der Waals surface area contributed by atoms with Crippen LogP contribution in [0.4, 0.5) is 0 Å². The van der Waals surface area contributed by atoms with Crippen LogP contribution in [0.1, 0.15) is 47.4 Å². The molecule has 3 nitrogen and oxygen atoms in total. The quantitative estimate of drug-likeness (QED) is 0.843. The Morgan fingerprint density at radius 2 is 2.32 bits per heavy atom. The van der Waals surface area contributed by atoms with E-state index in [9.17, 15) is 4.79 Å². The summed E-state index contributed by atoms with van der Waals surface area (Å²) in [7, 11) is 0. The minimum atomic E-state index is -0.0498. The van der Waals surface area contributed by atoms with Gasteiger partial charge in [-0.2, -0.15) is 11.3 Å². The molecule has 0 aliphatic carbocycles. The van der Waals surface area contributed by atoms with Crippen LogP contribution in [0.3, 0.4) is 0 Å². The Morgan fingerprint density at radius 3 is 3.18 bits per heavy atom. The van der Waals surface area contributed by atoms with Crippen molar-refractivity contribution < 1.29 is 9.53 Å². The first-order valence-electron chi connectivity index (χ1n) is 7.82. The summed E-state index contributed by atoms with van der Waals surface area (Å²) in [5, 5.41) is 6.38. The van der Waals surface area contributed by atoms with E-state index in [2.05, 4.69) is 33.2 Å². The van der Waals surface area contributed by atoms with Crippen LogP contribution in [0.5, 0.6) is 0 Å². The molecule has 2 aliphatic rings. The van der Waals surface area contributed by atoms with Crippen LogP contribution in [0.15, 0.2) is 28.3 Å². The zero-order valence-corrected chi connectivity index (χ0v) is 14.0. The summed E-state index contributed by atoms with van der Waals surface area (Å²) in [5.74, 6) is 0.234. The van der Waals surface area contributed by atoms with Crippen molar-refractivity contribution in [3.05, 3.63) is 44.3 Å². The van der Waals surface area contributed by atoms with Gasteiger partial charge in [0.2, 0.25) is 5.91 Å². The van der Waals surface area contributed by atoms with Crippen LogP contribution in [-0.4, -0.2) is 24.0 Å². The second kappa shape index (κ2) is 6.14. The van der Waals surface area contributed by atoms with Crippen molar-refractivity contribution in [3.63, 3.8) is 0 Å². The van der Waals surface area contributed by atoms with Crippen LogP contribution in [-0.2, 0) is 16.0 Å². The van der Waals surface area contributed by atoms with Crippen LogP contribution < -0.4 is 0 Å². The standard InChI is InChI=1S/C17H19NO2S2/c19-17(10-15-13-5-9-22-16(13)3-7-20-15)18-6-1-2-14(18)12-4-8-21-11-12/h4-5,8-9,11,14-15H,1-3,6-7,10H2. The van der Waals surface area contributed by atoms with E-state index in [0.717, 1.165) is 32.4 Å². The third kappa shape index (κ3) is 2.62. The van der Waals surface area contributed by atoms with Crippen molar-refractivity contribution in [3.8, 4) is 0 Å². The van der Waals surface area contributed by atoms with Crippen molar-refractivity contribution in [2.24, 2.45) is 0 Å². The third-order valence-corrected chi connectivity index (χ3v) is 6.33. The van der Waals surface area contributed by atoms with Gasteiger partial charge in [0.25, 0.3) is 0 Å². The number of thiophene rings is 2. The summed E-state index contributed by atoms with van der Waals surface area (Å²) in [5.41, 5.74) is 2.52. The largest absolute Gasteiger partial charge is 0.373 e. The first-order valence-corrected chi connectivity index (χ1v) is 9.64. The molecule has 0 N–H and O–H groups in total. The fraction of sp³-hybridized carbons (Fsp3) is 0.471. The predicted molar refractivity (Wildman–Crippen MR) is 89.3 cm³/mol. The van der Waals surface area contributed by atoms with Gasteiger partial charge in [0, 0.05) is 17.8 Å². The molecule has 2 aliphatic heterocycles. The van der Waals surface area contributed by atoms with E-state index in [1.54, 1.807) is 22.7 Å². The molecule has 0 radical (unpaired) electrons. The van der Waals surface area contributed by atoms with Crippen LogP contribution in [0, 0.1) is 0 Å². The van der Waals surface area contributed by atoms with E-state index in [1.165, 1.54) is 16.0 Å². The number of carbonyl (C=O) groups is 1. The van der Waals surface area contributed by atoms with Crippen LogP contribution >= 0.6 is 22.7 Å². The Labute approximate surface area is 138 Å². The lowest BCUT2D eigenvalue weighted by molar-refractivity contribution is -0.135. The third-order valence-electron chi connectivity index (χ3n) is 4.64. The molecule has 1 fully saturated rings. The number of hydrogen-bond acceptors (Lipinski definition) is 4. The minimum absolute atomic E-state index is 0.0498. The molecule has 1 saturated heterocycles. The first-order chi connectivity index (χ1) is 10.8. The molecule has 22 heavy (non-hydrogen) atoms. The average Bonchev–Trinajstić information content (AvgIpc) is 3.27. The topological polar surface area (TPSA) is 29.5 Å². The Kier molecular flexibility index (Phi) is 4.03. The number of likely N-dealkylation sites (tertiary alicyclic amines) is 1. The van der Waals surface area contributed by atoms with E-state index in [0.29, 0.717) is 6.42 Å². The molecule has 2 aromatic rings. The number of carbonyl (C=O) groups excluding carboxylic acids is 1. The van der Waals surface area contributed by atoms with Crippen molar-refractivity contribution >= 4 is 28.6 Å². The minimum Gasteiger partial charge on any atom is -0.373 e. The first kappa shape index (κ1) is 14.4. The summed E-state index contributed by atoms with van der Waals surface area (Å²) < 4.78 is 5.88. The average molecular weight is 333 g/mol. The highest BCUT2D eigenvalue weighted by Crippen LogP contribution is 2.37. The number of ether oxygens (including phenoxy) is 1. The van der Waals surface area contributed by atoms with Crippen molar-refractivity contribution in [1.29, 1.82) is 0 Å². The van der Waals surface area contributed by atoms with E-state index < -0.39 is 0 Å². The van der Waals surface area contributed by atoms with Crippen molar-refractivity contribution in [1.82, 2.24) is 4.90 Å². The highest BCUT2D eigenvalue weighted by Gasteiger charge is 2.33. The van der Waals surface area contributed by atoms with Gasteiger partial charge in [0.1, 0.15) is 0 Å². The summed E-state index contributed by atoms with van der Waals surface area (Å²) in [6.07, 6.45) is 3.59. The smallest absolute Gasteiger partial charge is 0.226 e. The molecule has 2 atom stereocenters. The summed E-state index contributed by atoms with van der Waals surface area (Å²) in [4.78, 5) is 16.3. The van der Waals surface area contributed by atoms with Gasteiger partial charge in [-0.15, -0.1) is 11.3 Å². The van der Waals surface area contributed by atoms with Gasteiger partial charge in [-0.05, 0) is 52.2 Å². The lowest BCUT2D eigenvalue weighted by Gasteiger charge is -2.28. The second-order valence-electron chi connectivity index (χ2n) is 5.91. The van der Waals surface area contributed by atoms with E-state index in [4.69, 9.17) is 4.74 Å². The second-order valence-corrected chi connectivity index (χ2v) is 7.70. The molecule has 0 aromatic carbocycles. The SMILES string of the molecule is O=C(CC1OCCc2sccc21)N1CCCC1c1ccsc1. The lowest BCUT2D eigenvalue weighted by atomic mass is 10.0. The number of hydrogen-bond donors (Lipinski definition) is 0. The molecule has 4 heterocycles. The summed E-state index contributed by atoms with van der Waals surface area (Å²) in [6, 6.07) is 4.54. The van der Waals surface area contributed by atoms with Gasteiger partial charge in [-0.3, -0.25) is 4.79 Å². The summed E-state index contributed by atoms with van der Waals surface area (Å²) >= 11 is 3.49. The van der Waals surface area contributed by atoms with E-state index in [-0.39, 0.29) is 18.1 Å². The maximum atomic E-state index is 12.8. The van der Waals surface area contributed by atoms with Gasteiger partial charge in [0.15, 0.2) is 0 Å². The number of fused-ring (bicyclic) bond motifs is 1. The highest BCUT2D eigenvalue weighted by atomic mass is 32.1. The van der Waals surface area contributed by atoms with Gasteiger partial charge in [0.05, 0.1) is 25.2 Å². The zero-order valence-electron chi connectivity index (χ0n) is 12.4. The zero-order chi connectivity index (χ0) is 14.9. The van der Waals surface area contributed by atoms with Gasteiger partial charge in [-0.1, -0.05) is 0 Å². The molecular weight excluding hydrogens is 314 g/mol. The number of rotatable bonds is 3. The Morgan fingerprint density at radius 1 is 1.36 bits per heavy atom. The molecule has 1 amide bonds. The summed E-state index contributed by atoms with van der Waals surface area (Å²) in [6.45, 7) is 1.61. The fourth-order valence-corrected chi connectivity index (χ4v) is 5.17. The van der Waals surface area contributed by atoms with E-state index in [1.807, 2.05) is 0 Å². The molecule has 0 bridgehead atoms. The molecular formula is C17H19NO2S2. The van der Waals surface area contributed by atoms with Gasteiger partial charge in [-0.25, -0.2) is 0 Å². The van der Waals surface area contributed by atoms with Crippen molar-refractivity contribution in [2.75, 3.05) is 13.2 Å². The van der Waals surface area contributed by atoms with E-state index >= 15 is 0 Å². The maximum absolute atomic E-state index is 12.8. The molecule has 0 saturated carbocycles. The van der Waals surface area contributed by atoms with Crippen LogP contribution in [0.25, 0.3) is 0 Å².